The SMILES string of the molecule is CCCNC(=O)[C@@H](C)N(Cc1cccc(Cl)c1)C(=O)CN(c1cc(Cl)c(Cl)cc1Cl)S(C)(=O)=O. The number of carbonyl (C=O) groups excluding carboxylic acids is 2. The zero-order chi connectivity index (χ0) is 25.6. The van der Waals surface area contributed by atoms with Crippen LogP contribution in [0.1, 0.15) is 25.8 Å². The fraction of sp³-hybridized carbons (Fsp3) is 0.364. The van der Waals surface area contributed by atoms with Crippen molar-refractivity contribution in [2.24, 2.45) is 0 Å². The van der Waals surface area contributed by atoms with Gasteiger partial charge in [-0.15, -0.1) is 0 Å². The Morgan fingerprint density at radius 3 is 2.26 bits per heavy atom. The van der Waals surface area contributed by atoms with E-state index in [1.165, 1.54) is 17.0 Å². The summed E-state index contributed by atoms with van der Waals surface area (Å²) in [4.78, 5) is 27.4. The minimum atomic E-state index is -3.96. The number of hydrogen-bond acceptors (Lipinski definition) is 4. The lowest BCUT2D eigenvalue weighted by molar-refractivity contribution is -0.139. The summed E-state index contributed by atoms with van der Waals surface area (Å²) >= 11 is 24.3. The van der Waals surface area contributed by atoms with Crippen LogP contribution < -0.4 is 9.62 Å². The fourth-order valence-electron chi connectivity index (χ4n) is 3.11. The molecular formula is C22H25Cl4N3O4S. The topological polar surface area (TPSA) is 86.8 Å². The van der Waals surface area contributed by atoms with Crippen molar-refractivity contribution in [1.82, 2.24) is 10.2 Å². The van der Waals surface area contributed by atoms with Crippen molar-refractivity contribution in [1.29, 1.82) is 0 Å². The number of nitrogens with one attached hydrogen (secondary N) is 1. The first-order valence-corrected chi connectivity index (χ1v) is 13.6. The highest BCUT2D eigenvalue weighted by molar-refractivity contribution is 7.92. The van der Waals surface area contributed by atoms with Crippen molar-refractivity contribution >= 4 is 73.9 Å². The lowest BCUT2D eigenvalue weighted by Gasteiger charge is -2.31. The van der Waals surface area contributed by atoms with Crippen molar-refractivity contribution in [2.45, 2.75) is 32.9 Å². The van der Waals surface area contributed by atoms with Gasteiger partial charge in [-0.25, -0.2) is 8.42 Å². The van der Waals surface area contributed by atoms with Gasteiger partial charge in [-0.05, 0) is 43.2 Å². The highest BCUT2D eigenvalue weighted by atomic mass is 35.5. The zero-order valence-corrected chi connectivity index (χ0v) is 22.7. The van der Waals surface area contributed by atoms with E-state index < -0.39 is 28.5 Å². The van der Waals surface area contributed by atoms with Crippen molar-refractivity contribution in [3.05, 3.63) is 62.1 Å². The molecule has 0 heterocycles. The molecule has 1 N–H and O–H groups in total. The molecule has 0 aliphatic rings. The van der Waals surface area contributed by atoms with Crippen molar-refractivity contribution in [2.75, 3.05) is 23.7 Å². The first kappa shape index (κ1) is 28.5. The van der Waals surface area contributed by atoms with Crippen LogP contribution in [-0.2, 0) is 26.2 Å². The summed E-state index contributed by atoms with van der Waals surface area (Å²) in [7, 11) is -3.96. The highest BCUT2D eigenvalue weighted by Gasteiger charge is 2.31. The maximum absolute atomic E-state index is 13.5. The first-order valence-electron chi connectivity index (χ1n) is 10.3. The Kier molecular flexibility index (Phi) is 10.3. The molecule has 0 aliphatic heterocycles. The van der Waals surface area contributed by atoms with E-state index in [2.05, 4.69) is 5.32 Å². The number of amides is 2. The molecule has 7 nitrogen and oxygen atoms in total. The summed E-state index contributed by atoms with van der Waals surface area (Å²) in [6.45, 7) is 3.35. The second-order valence-corrected chi connectivity index (χ2v) is 11.2. The van der Waals surface area contributed by atoms with Gasteiger partial charge >= 0.3 is 0 Å². The highest BCUT2D eigenvalue weighted by Crippen LogP contribution is 2.35. The molecule has 12 heteroatoms. The Balaban J connectivity index is 2.44. The van der Waals surface area contributed by atoms with Crippen LogP contribution >= 0.6 is 46.4 Å². The molecule has 2 aromatic rings. The van der Waals surface area contributed by atoms with Crippen LogP contribution in [0.3, 0.4) is 0 Å². The van der Waals surface area contributed by atoms with E-state index in [9.17, 15) is 18.0 Å². The van der Waals surface area contributed by atoms with E-state index in [1.807, 2.05) is 6.92 Å². The number of hydrogen-bond donors (Lipinski definition) is 1. The van der Waals surface area contributed by atoms with Gasteiger partial charge in [-0.2, -0.15) is 0 Å². The maximum atomic E-state index is 13.5. The molecule has 0 bridgehead atoms. The van der Waals surface area contributed by atoms with E-state index in [-0.39, 0.29) is 33.2 Å². The number of carbonyl (C=O) groups is 2. The molecule has 2 amide bonds. The fourth-order valence-corrected chi connectivity index (χ4v) is 4.87. The summed E-state index contributed by atoms with van der Waals surface area (Å²) in [5.41, 5.74) is 0.673. The Labute approximate surface area is 220 Å². The van der Waals surface area contributed by atoms with Crippen LogP contribution in [0.2, 0.25) is 20.1 Å². The van der Waals surface area contributed by atoms with E-state index in [4.69, 9.17) is 46.4 Å². The van der Waals surface area contributed by atoms with E-state index in [0.717, 1.165) is 17.0 Å². The van der Waals surface area contributed by atoms with Crippen LogP contribution in [0.15, 0.2) is 36.4 Å². The molecule has 2 rings (SSSR count). The monoisotopic (exact) mass is 567 g/mol. The predicted octanol–water partition coefficient (Wildman–Crippen LogP) is 5.01. The van der Waals surface area contributed by atoms with E-state index in [1.54, 1.807) is 31.2 Å². The quantitative estimate of drug-likeness (QED) is 0.408. The molecule has 0 aliphatic carbocycles. The van der Waals surface area contributed by atoms with Crippen LogP contribution in [0.5, 0.6) is 0 Å². The van der Waals surface area contributed by atoms with Crippen LogP contribution in [0, 0.1) is 0 Å². The molecule has 1 atom stereocenters. The van der Waals surface area contributed by atoms with Gasteiger partial charge in [0.1, 0.15) is 12.6 Å². The van der Waals surface area contributed by atoms with Crippen LogP contribution in [0.25, 0.3) is 0 Å². The normalized spacial score (nSPS) is 12.2. The van der Waals surface area contributed by atoms with E-state index >= 15 is 0 Å². The lowest BCUT2D eigenvalue weighted by atomic mass is 10.1. The molecule has 0 fully saturated rings. The molecule has 0 aromatic heterocycles. The van der Waals surface area contributed by atoms with Gasteiger partial charge < -0.3 is 10.2 Å². The molecular weight excluding hydrogens is 544 g/mol. The minimum Gasteiger partial charge on any atom is -0.354 e. The number of benzene rings is 2. The van der Waals surface area contributed by atoms with Gasteiger partial charge in [0.05, 0.1) is 27.0 Å². The molecule has 0 radical (unpaired) electrons. The molecule has 186 valence electrons. The van der Waals surface area contributed by atoms with Crippen LogP contribution in [-0.4, -0.2) is 50.5 Å². The Morgan fingerprint density at radius 1 is 1.03 bits per heavy atom. The smallest absolute Gasteiger partial charge is 0.244 e. The predicted molar refractivity (Wildman–Crippen MR) is 138 cm³/mol. The molecule has 0 unspecified atom stereocenters. The van der Waals surface area contributed by atoms with Gasteiger partial charge in [0.25, 0.3) is 0 Å². The van der Waals surface area contributed by atoms with Crippen molar-refractivity contribution in [3.8, 4) is 0 Å². The van der Waals surface area contributed by atoms with Gasteiger partial charge in [-0.1, -0.05) is 65.5 Å². The largest absolute Gasteiger partial charge is 0.354 e. The standard InChI is InChI=1S/C22H25Cl4N3O4S/c1-4-8-27-22(31)14(2)28(12-15-6-5-7-16(23)9-15)21(30)13-29(34(3,32)33)20-11-18(25)17(24)10-19(20)26/h5-7,9-11,14H,4,8,12-13H2,1-3H3,(H,27,31)/t14-/m1/s1. The first-order chi connectivity index (χ1) is 15.8. The van der Waals surface area contributed by atoms with Gasteiger partial charge in [0.15, 0.2) is 0 Å². The Bertz CT molecular complexity index is 1160. The third-order valence-corrected chi connectivity index (χ3v) is 7.28. The maximum Gasteiger partial charge on any atom is 0.244 e. The van der Waals surface area contributed by atoms with E-state index in [0.29, 0.717) is 17.1 Å². The Hall–Kier alpha value is -1.71. The van der Waals surface area contributed by atoms with Gasteiger partial charge in [0.2, 0.25) is 21.8 Å². The van der Waals surface area contributed by atoms with Gasteiger partial charge in [-0.3, -0.25) is 13.9 Å². The molecule has 2 aromatic carbocycles. The number of rotatable bonds is 10. The number of sulfonamides is 1. The number of nitrogens with zero attached hydrogens (tertiary/aromatic N) is 2. The number of halogens is 4. The summed E-state index contributed by atoms with van der Waals surface area (Å²) in [6.07, 6.45) is 1.66. The second kappa shape index (κ2) is 12.3. The summed E-state index contributed by atoms with van der Waals surface area (Å²) < 4.78 is 26.1. The van der Waals surface area contributed by atoms with Crippen molar-refractivity contribution < 1.29 is 18.0 Å². The van der Waals surface area contributed by atoms with Crippen LogP contribution in [0.4, 0.5) is 5.69 Å². The van der Waals surface area contributed by atoms with Gasteiger partial charge in [0, 0.05) is 18.1 Å². The van der Waals surface area contributed by atoms with Crippen molar-refractivity contribution in [3.63, 3.8) is 0 Å². The Morgan fingerprint density at radius 2 is 1.68 bits per heavy atom. The second-order valence-electron chi connectivity index (χ2n) is 7.61. The summed E-state index contributed by atoms with van der Waals surface area (Å²) in [5, 5.41) is 3.44. The molecule has 34 heavy (non-hydrogen) atoms. The molecule has 0 saturated heterocycles. The molecule has 0 saturated carbocycles. The third kappa shape index (κ3) is 7.65. The minimum absolute atomic E-state index is 0.00212. The average molecular weight is 569 g/mol. The lowest BCUT2D eigenvalue weighted by Crippen LogP contribution is -2.51. The zero-order valence-electron chi connectivity index (χ0n) is 18.8. The summed E-state index contributed by atoms with van der Waals surface area (Å²) in [6, 6.07) is 8.53. The third-order valence-electron chi connectivity index (χ3n) is 4.90. The molecule has 0 spiro atoms. The average Bonchev–Trinajstić information content (AvgIpc) is 2.75. The number of anilines is 1. The summed E-state index contributed by atoms with van der Waals surface area (Å²) in [5.74, 6) is -0.984.